The molecule has 1 heterocycles. The van der Waals surface area contributed by atoms with Gasteiger partial charge < -0.3 is 14.4 Å². The monoisotopic (exact) mass is 421 g/mol. The number of aromatic nitrogens is 1. The maximum atomic E-state index is 13.0. The zero-order chi connectivity index (χ0) is 22.0. The summed E-state index contributed by atoms with van der Waals surface area (Å²) in [6.45, 7) is 4.18. The highest BCUT2D eigenvalue weighted by Crippen LogP contribution is 2.32. The highest BCUT2D eigenvalue weighted by Gasteiger charge is 2.34. The number of oxazole rings is 1. The van der Waals surface area contributed by atoms with Gasteiger partial charge in [-0.25, -0.2) is 4.98 Å². The molecule has 2 N–H and O–H groups in total. The number of amides is 1. The second kappa shape index (κ2) is 9.20. The number of fused-ring (bicyclic) bond motifs is 1. The number of hydrogen-bond acceptors (Lipinski definition) is 5. The summed E-state index contributed by atoms with van der Waals surface area (Å²) in [4.78, 5) is 19.4. The molecule has 4 rings (SSSR count). The van der Waals surface area contributed by atoms with Crippen LogP contribution in [0.2, 0.25) is 0 Å². The number of rotatable bonds is 7. The van der Waals surface area contributed by atoms with E-state index in [0.717, 1.165) is 42.3 Å². The molecule has 1 aromatic heterocycles. The minimum atomic E-state index is -0.515. The maximum Gasteiger partial charge on any atom is 0.253 e. The Balaban J connectivity index is 1.40. The molecule has 6 heteroatoms. The van der Waals surface area contributed by atoms with E-state index in [9.17, 15) is 9.90 Å². The van der Waals surface area contributed by atoms with Crippen molar-refractivity contribution in [1.82, 2.24) is 15.2 Å². The van der Waals surface area contributed by atoms with Crippen molar-refractivity contribution in [2.75, 3.05) is 7.05 Å². The minimum Gasteiger partial charge on any atom is -0.436 e. The molecule has 6 nitrogen and oxygen atoms in total. The Labute approximate surface area is 183 Å². The average molecular weight is 422 g/mol. The Bertz CT molecular complexity index is 997. The molecule has 1 fully saturated rings. The van der Waals surface area contributed by atoms with Gasteiger partial charge in [-0.2, -0.15) is 0 Å². The summed E-state index contributed by atoms with van der Waals surface area (Å²) in [5.74, 6) is 0.727. The van der Waals surface area contributed by atoms with Gasteiger partial charge in [0, 0.05) is 36.2 Å². The zero-order valence-electron chi connectivity index (χ0n) is 18.4. The number of carbonyl (C=O) groups excluding carboxylic acids is 1. The maximum absolute atomic E-state index is 13.0. The van der Waals surface area contributed by atoms with E-state index in [-0.39, 0.29) is 23.9 Å². The third kappa shape index (κ3) is 4.65. The Morgan fingerprint density at radius 3 is 2.68 bits per heavy atom. The van der Waals surface area contributed by atoms with E-state index in [1.807, 2.05) is 60.5 Å². The van der Waals surface area contributed by atoms with E-state index in [4.69, 9.17) is 4.42 Å². The van der Waals surface area contributed by atoms with Crippen LogP contribution in [0.25, 0.3) is 22.6 Å². The lowest BCUT2D eigenvalue weighted by molar-refractivity contribution is 0.0584. The van der Waals surface area contributed by atoms with Crippen LogP contribution in [0.15, 0.2) is 52.9 Å². The molecule has 164 valence electrons. The van der Waals surface area contributed by atoms with Crippen LogP contribution in [-0.2, 0) is 0 Å². The first-order chi connectivity index (χ1) is 15.0. The standard InChI is InChI=1S/C25H31N3O3/c1-4-16(2)26-23(29)19-13-14-20(15-19)28(3)25(30)18-11-9-17(10-12-18)24-27-21-7-5-6-8-22(21)31-24/h5-12,16,19-20,23,26,29H,4,13-15H2,1-3H3. The Morgan fingerprint density at radius 2 is 1.97 bits per heavy atom. The Morgan fingerprint density at radius 1 is 1.23 bits per heavy atom. The van der Waals surface area contributed by atoms with Crippen LogP contribution in [0.3, 0.4) is 0 Å². The van der Waals surface area contributed by atoms with Gasteiger partial charge in [0.2, 0.25) is 5.89 Å². The second-order valence-corrected chi connectivity index (χ2v) is 8.63. The number of aliphatic hydroxyl groups is 1. The summed E-state index contributed by atoms with van der Waals surface area (Å²) in [5, 5.41) is 13.7. The van der Waals surface area contributed by atoms with Crippen molar-refractivity contribution in [2.45, 2.75) is 57.8 Å². The van der Waals surface area contributed by atoms with Gasteiger partial charge in [-0.1, -0.05) is 19.1 Å². The van der Waals surface area contributed by atoms with Gasteiger partial charge in [-0.15, -0.1) is 0 Å². The Kier molecular flexibility index (Phi) is 6.39. The molecule has 1 saturated carbocycles. The highest BCUT2D eigenvalue weighted by atomic mass is 16.3. The van der Waals surface area contributed by atoms with Crippen molar-refractivity contribution in [3.63, 3.8) is 0 Å². The van der Waals surface area contributed by atoms with Gasteiger partial charge in [0.15, 0.2) is 5.58 Å². The molecule has 1 aliphatic rings. The van der Waals surface area contributed by atoms with Crippen molar-refractivity contribution < 1.29 is 14.3 Å². The fraction of sp³-hybridized carbons (Fsp3) is 0.440. The number of aliphatic hydroxyl groups excluding tert-OH is 1. The van der Waals surface area contributed by atoms with Crippen molar-refractivity contribution in [1.29, 1.82) is 0 Å². The lowest BCUT2D eigenvalue weighted by atomic mass is 10.0. The topological polar surface area (TPSA) is 78.6 Å². The van der Waals surface area contributed by atoms with Gasteiger partial charge in [-0.05, 0) is 69.0 Å². The van der Waals surface area contributed by atoms with Gasteiger partial charge in [-0.3, -0.25) is 10.1 Å². The quantitative estimate of drug-likeness (QED) is 0.552. The zero-order valence-corrected chi connectivity index (χ0v) is 18.4. The molecule has 0 aliphatic heterocycles. The molecule has 0 bridgehead atoms. The van der Waals surface area contributed by atoms with Crippen molar-refractivity contribution >= 4 is 17.0 Å². The normalized spacial score (nSPS) is 20.6. The molecule has 1 aliphatic carbocycles. The van der Waals surface area contributed by atoms with Gasteiger partial charge in [0.25, 0.3) is 5.91 Å². The number of hydrogen-bond donors (Lipinski definition) is 2. The largest absolute Gasteiger partial charge is 0.436 e. The molecule has 4 atom stereocenters. The number of nitrogens with zero attached hydrogens (tertiary/aromatic N) is 2. The van der Waals surface area contributed by atoms with Crippen molar-refractivity contribution in [3.8, 4) is 11.5 Å². The third-order valence-electron chi connectivity index (χ3n) is 6.50. The van der Waals surface area contributed by atoms with Gasteiger partial charge in [0.05, 0.1) is 0 Å². The van der Waals surface area contributed by atoms with Crippen LogP contribution in [-0.4, -0.2) is 46.3 Å². The van der Waals surface area contributed by atoms with Crippen LogP contribution in [0, 0.1) is 5.92 Å². The summed E-state index contributed by atoms with van der Waals surface area (Å²) in [5.41, 5.74) is 3.05. The van der Waals surface area contributed by atoms with E-state index in [1.54, 1.807) is 0 Å². The molecule has 0 saturated heterocycles. The summed E-state index contributed by atoms with van der Waals surface area (Å²) in [7, 11) is 1.86. The summed E-state index contributed by atoms with van der Waals surface area (Å²) in [6, 6.07) is 15.5. The third-order valence-corrected chi connectivity index (χ3v) is 6.50. The number of nitrogens with one attached hydrogen (secondary N) is 1. The molecule has 1 amide bonds. The van der Waals surface area contributed by atoms with Crippen LogP contribution in [0.5, 0.6) is 0 Å². The summed E-state index contributed by atoms with van der Waals surface area (Å²) >= 11 is 0. The predicted molar refractivity (Wildman–Crippen MR) is 122 cm³/mol. The molecular weight excluding hydrogens is 390 g/mol. The SMILES string of the molecule is CCC(C)NC(O)C1CCC(N(C)C(=O)c2ccc(-c3nc4ccccc4o3)cc2)C1. The number of para-hydroxylation sites is 2. The molecular formula is C25H31N3O3. The van der Waals surface area contributed by atoms with Crippen molar-refractivity contribution in [3.05, 3.63) is 54.1 Å². The summed E-state index contributed by atoms with van der Waals surface area (Å²) in [6.07, 6.45) is 3.11. The van der Waals surface area contributed by atoms with Crippen LogP contribution in [0.1, 0.15) is 49.9 Å². The first kappa shape index (κ1) is 21.5. The van der Waals surface area contributed by atoms with Crippen LogP contribution < -0.4 is 5.32 Å². The average Bonchev–Trinajstić information content (AvgIpc) is 3.45. The molecule has 2 aromatic carbocycles. The predicted octanol–water partition coefficient (Wildman–Crippen LogP) is 4.44. The van der Waals surface area contributed by atoms with E-state index in [0.29, 0.717) is 11.5 Å². The molecule has 31 heavy (non-hydrogen) atoms. The van der Waals surface area contributed by atoms with E-state index in [2.05, 4.69) is 24.1 Å². The lowest BCUT2D eigenvalue weighted by Crippen LogP contribution is -2.41. The minimum absolute atomic E-state index is 0.000796. The van der Waals surface area contributed by atoms with Crippen molar-refractivity contribution in [2.24, 2.45) is 5.92 Å². The number of carbonyl (C=O) groups is 1. The van der Waals surface area contributed by atoms with Crippen LogP contribution >= 0.6 is 0 Å². The van der Waals surface area contributed by atoms with Gasteiger partial charge in [0.1, 0.15) is 11.7 Å². The molecule has 0 spiro atoms. The molecule has 4 unspecified atom stereocenters. The molecule has 0 radical (unpaired) electrons. The molecule has 3 aromatic rings. The van der Waals surface area contributed by atoms with Gasteiger partial charge >= 0.3 is 0 Å². The first-order valence-electron chi connectivity index (χ1n) is 11.1. The van der Waals surface area contributed by atoms with Crippen LogP contribution in [0.4, 0.5) is 0 Å². The fourth-order valence-electron chi connectivity index (χ4n) is 4.30. The van der Waals surface area contributed by atoms with E-state index in [1.165, 1.54) is 0 Å². The number of benzene rings is 2. The first-order valence-corrected chi connectivity index (χ1v) is 11.1. The Hall–Kier alpha value is -2.70. The van der Waals surface area contributed by atoms with E-state index >= 15 is 0 Å². The fourth-order valence-corrected chi connectivity index (χ4v) is 4.30. The lowest BCUT2D eigenvalue weighted by Gasteiger charge is -2.27. The van der Waals surface area contributed by atoms with E-state index < -0.39 is 6.23 Å². The highest BCUT2D eigenvalue weighted by molar-refractivity contribution is 5.94. The smallest absolute Gasteiger partial charge is 0.253 e. The summed E-state index contributed by atoms with van der Waals surface area (Å²) < 4.78 is 5.82. The second-order valence-electron chi connectivity index (χ2n) is 8.63.